The fraction of sp³-hybridized carbons (Fsp3) is 0.229. The van der Waals surface area contributed by atoms with E-state index in [0.29, 0.717) is 33.9 Å². The molecule has 8 aromatic carbocycles. The molecular weight excluding hydrogens is 1110 g/mol. The third-order valence-electron chi connectivity index (χ3n) is 14.8. The zero-order valence-electron chi connectivity index (χ0n) is 53.3. The molecular formula is C70H65N4OPt-3. The van der Waals surface area contributed by atoms with E-state index in [4.69, 9.17) is 22.1 Å². The van der Waals surface area contributed by atoms with E-state index in [1.54, 1.807) is 0 Å². The Morgan fingerprint density at radius 2 is 1.08 bits per heavy atom. The summed E-state index contributed by atoms with van der Waals surface area (Å²) in [6, 6.07) is 61.7. The second-order valence-electron chi connectivity index (χ2n) is 23.1. The number of pyridine rings is 1. The summed E-state index contributed by atoms with van der Waals surface area (Å²) in [6.45, 7) is 10.4. The van der Waals surface area contributed by atoms with Crippen LogP contribution in [-0.4, -0.2) is 14.1 Å². The third kappa shape index (κ3) is 8.71. The summed E-state index contributed by atoms with van der Waals surface area (Å²) in [5.41, 5.74) is 3.71. The first-order valence-electron chi connectivity index (χ1n) is 30.2. The topological polar surface area (TPSA) is 35.2 Å². The molecule has 0 aliphatic carbocycles. The molecule has 0 amide bonds. The largest absolute Gasteiger partial charge is 0.509 e. The van der Waals surface area contributed by atoms with Gasteiger partial charge in [0.1, 0.15) is 5.82 Å². The van der Waals surface area contributed by atoms with E-state index in [0.717, 1.165) is 87.8 Å². The molecule has 0 N–H and O–H groups in total. The van der Waals surface area contributed by atoms with Crippen LogP contribution >= 0.6 is 0 Å². The molecule has 76 heavy (non-hydrogen) atoms. The van der Waals surface area contributed by atoms with Gasteiger partial charge in [-0.2, -0.15) is 12.1 Å². The second kappa shape index (κ2) is 18.5. The van der Waals surface area contributed by atoms with E-state index >= 15 is 0 Å². The van der Waals surface area contributed by atoms with Crippen molar-refractivity contribution in [2.24, 2.45) is 0 Å². The SMILES string of the molecule is [2H]C([2H])([2H])C(c1cc(-c2c(C(C)(C)C)ccc3c4ccccc4c4ccccc4c4cccc5c4n(c23)[CH-]N5c2[c-]c(Oc3[c-]c4c(cc3)c3ccccc3n4-c3cc(C(C)(C)C)ccn3)ccc2)cc(C(C)(C)C)c1)(C([2H])([2H])[2H])C([2H])([2H])[2H].[Pt]. The van der Waals surface area contributed by atoms with E-state index in [1.807, 2.05) is 93.7 Å². The minimum absolute atomic E-state index is 0. The van der Waals surface area contributed by atoms with Gasteiger partial charge in [0, 0.05) is 62.3 Å². The van der Waals surface area contributed by atoms with Gasteiger partial charge >= 0.3 is 0 Å². The van der Waals surface area contributed by atoms with Crippen LogP contribution in [0.25, 0.3) is 82.1 Å². The standard InChI is InChI=1S/C70H65N4O.Pt/c1-67(2,3)45-35-36-71-63(40-45)74-60-29-18-17-27-55(60)56-32-31-50(42-62(56)74)75-49-22-19-21-48(41-49)72-43-73-65-57(28-20-30-61(65)72)53-25-15-13-23-51(53)52-24-14-16-26-54(52)58-33-34-59(70(10,11)12)64(66(58)73)44-37-46(68(4,5)6)39-47(38-44)69(7,8)9;/h13-40,43H,1-12H3;/q-3;/i4D3,5D3,6D3;. The van der Waals surface area contributed by atoms with Crippen LogP contribution in [0, 0.1) is 18.8 Å². The van der Waals surface area contributed by atoms with Gasteiger partial charge in [-0.3, -0.25) is 0 Å². The number of benzene rings is 8. The Labute approximate surface area is 475 Å². The van der Waals surface area contributed by atoms with Crippen molar-refractivity contribution in [2.75, 3.05) is 4.90 Å². The van der Waals surface area contributed by atoms with Crippen molar-refractivity contribution in [1.29, 1.82) is 0 Å². The van der Waals surface area contributed by atoms with E-state index in [-0.39, 0.29) is 32.0 Å². The molecule has 0 fully saturated rings. The number of ether oxygens (including phenoxy) is 1. The first kappa shape index (κ1) is 40.9. The van der Waals surface area contributed by atoms with Crippen molar-refractivity contribution in [3.05, 3.63) is 211 Å². The van der Waals surface area contributed by atoms with Crippen LogP contribution in [0.5, 0.6) is 11.5 Å². The van der Waals surface area contributed by atoms with Crippen LogP contribution in [-0.2, 0) is 42.7 Å². The van der Waals surface area contributed by atoms with Gasteiger partial charge in [-0.05, 0) is 135 Å². The zero-order valence-corrected chi connectivity index (χ0v) is 46.5. The van der Waals surface area contributed by atoms with Crippen molar-refractivity contribution >= 4 is 76.5 Å². The van der Waals surface area contributed by atoms with Gasteiger partial charge in [0.15, 0.2) is 0 Å². The Hall–Kier alpha value is -7.33. The number of para-hydroxylation sites is 2. The maximum absolute atomic E-state index is 8.93. The molecule has 0 saturated heterocycles. The van der Waals surface area contributed by atoms with Gasteiger partial charge in [0.05, 0.1) is 0 Å². The maximum atomic E-state index is 8.93. The number of nitrogens with zero attached hydrogens (tertiary/aromatic N) is 4. The summed E-state index contributed by atoms with van der Waals surface area (Å²) in [6.07, 6.45) is 1.86. The normalized spacial score (nSPS) is 15.2. The first-order chi connectivity index (χ1) is 39.5. The fourth-order valence-electron chi connectivity index (χ4n) is 11.0. The summed E-state index contributed by atoms with van der Waals surface area (Å²) in [5, 5.41) is 7.76. The number of fused-ring (bicyclic) bond motifs is 10. The molecule has 11 aromatic rings. The average molecular weight is 1180 g/mol. The predicted molar refractivity (Wildman–Crippen MR) is 317 cm³/mol. The molecule has 0 bridgehead atoms. The molecule has 0 saturated carbocycles. The van der Waals surface area contributed by atoms with Gasteiger partial charge in [-0.15, -0.1) is 35.7 Å². The van der Waals surface area contributed by atoms with Crippen molar-refractivity contribution in [3.8, 4) is 28.4 Å². The minimum atomic E-state index is -3.50. The maximum Gasteiger partial charge on any atom is 0.135 e. The van der Waals surface area contributed by atoms with Gasteiger partial charge in [-0.25, -0.2) is 4.98 Å². The molecule has 0 spiro atoms. The summed E-state index contributed by atoms with van der Waals surface area (Å²) in [5.74, 6) is 1.72. The molecule has 3 aromatic heterocycles. The number of rotatable bonds is 5. The predicted octanol–water partition coefficient (Wildman–Crippen LogP) is 19.1. The molecule has 0 atom stereocenters. The quantitative estimate of drug-likeness (QED) is 0.161. The molecule has 384 valence electrons. The minimum Gasteiger partial charge on any atom is -0.509 e. The molecule has 5 nitrogen and oxygen atoms in total. The summed E-state index contributed by atoms with van der Waals surface area (Å²) in [7, 11) is 0. The van der Waals surface area contributed by atoms with Crippen molar-refractivity contribution in [2.45, 2.75) is 105 Å². The van der Waals surface area contributed by atoms with Crippen molar-refractivity contribution < 1.29 is 38.1 Å². The molecule has 12 rings (SSSR count). The first-order valence-corrected chi connectivity index (χ1v) is 25.7. The smallest absolute Gasteiger partial charge is 0.135 e. The number of hydrogen-bond acceptors (Lipinski definition) is 3. The van der Waals surface area contributed by atoms with Crippen molar-refractivity contribution in [3.63, 3.8) is 0 Å². The summed E-state index contributed by atoms with van der Waals surface area (Å²) >= 11 is 0. The molecule has 6 heteroatoms. The molecule has 1 aliphatic rings. The third-order valence-corrected chi connectivity index (χ3v) is 14.8. The molecule has 4 heterocycles. The Bertz CT molecular complexity index is 4510. The molecule has 0 unspecified atom stereocenters. The van der Waals surface area contributed by atoms with Crippen LogP contribution in [0.3, 0.4) is 0 Å². The Kier molecular flexibility index (Phi) is 9.93. The molecule has 0 radical (unpaired) electrons. The number of anilines is 2. The monoisotopic (exact) mass is 1180 g/mol. The van der Waals surface area contributed by atoms with Crippen LogP contribution in [0.2, 0.25) is 0 Å². The average Bonchev–Trinajstić information content (AvgIpc) is 1.59. The van der Waals surface area contributed by atoms with Crippen molar-refractivity contribution in [1.82, 2.24) is 14.1 Å². The number of hydrogen-bond donors (Lipinski definition) is 0. The van der Waals surface area contributed by atoms with Gasteiger partial charge in [-0.1, -0.05) is 203 Å². The van der Waals surface area contributed by atoms with Crippen LogP contribution in [0.4, 0.5) is 11.4 Å². The van der Waals surface area contributed by atoms with E-state index in [1.165, 1.54) is 12.1 Å². The summed E-state index contributed by atoms with van der Waals surface area (Å²) in [4.78, 5) is 6.97. The van der Waals surface area contributed by atoms with Crippen LogP contribution < -0.4 is 9.64 Å². The van der Waals surface area contributed by atoms with E-state index in [9.17, 15) is 0 Å². The van der Waals surface area contributed by atoms with Gasteiger partial charge in [0.25, 0.3) is 0 Å². The molecule has 1 aliphatic heterocycles. The Morgan fingerprint density at radius 1 is 0.500 bits per heavy atom. The van der Waals surface area contributed by atoms with E-state index < -0.39 is 36.8 Å². The van der Waals surface area contributed by atoms with Crippen LogP contribution in [0.1, 0.15) is 117 Å². The Balaban J connectivity index is 0.00000752. The zero-order chi connectivity index (χ0) is 59.8. The van der Waals surface area contributed by atoms with Gasteiger partial charge < -0.3 is 18.8 Å². The van der Waals surface area contributed by atoms with E-state index in [2.05, 4.69) is 159 Å². The second-order valence-corrected chi connectivity index (χ2v) is 23.1. The van der Waals surface area contributed by atoms with Gasteiger partial charge in [0.2, 0.25) is 0 Å². The summed E-state index contributed by atoms with van der Waals surface area (Å²) < 4.78 is 91.5. The number of aromatic nitrogens is 3. The fourth-order valence-corrected chi connectivity index (χ4v) is 11.0. The Morgan fingerprint density at radius 3 is 1.74 bits per heavy atom. The van der Waals surface area contributed by atoms with Crippen LogP contribution in [0.15, 0.2) is 170 Å².